The second-order valence-corrected chi connectivity index (χ2v) is 9.40. The highest BCUT2D eigenvalue weighted by molar-refractivity contribution is 5.88. The van der Waals surface area contributed by atoms with Crippen molar-refractivity contribution >= 4 is 28.3 Å². The number of rotatable bonds is 5. The Morgan fingerprint density at radius 2 is 1.54 bits per heavy atom. The van der Waals surface area contributed by atoms with E-state index in [1.165, 1.54) is 0 Å². The number of ether oxygens (including phenoxy) is 1. The average Bonchev–Trinajstić information content (AvgIpc) is 2.92. The Kier molecular flexibility index (Phi) is 6.86. The molecule has 2 fully saturated rings. The van der Waals surface area contributed by atoms with Crippen molar-refractivity contribution in [3.05, 3.63) is 72.8 Å². The number of para-hydroxylation sites is 1. The van der Waals surface area contributed by atoms with E-state index in [-0.39, 0.29) is 12.0 Å². The van der Waals surface area contributed by atoms with Crippen molar-refractivity contribution in [1.29, 1.82) is 0 Å². The minimum Gasteiger partial charge on any atom is -0.490 e. The number of nitrogens with one attached hydrogen (secondary N) is 1. The molecule has 7 nitrogen and oxygen atoms in total. The Morgan fingerprint density at radius 1 is 0.829 bits per heavy atom. The first-order valence-corrected chi connectivity index (χ1v) is 12.3. The van der Waals surface area contributed by atoms with E-state index >= 15 is 0 Å². The van der Waals surface area contributed by atoms with Gasteiger partial charge in [-0.3, -0.25) is 14.8 Å². The number of nitrogens with zero attached hydrogens (tertiary/aromatic N) is 2. The fraction of sp³-hybridized carbons (Fsp3) is 0.357. The molecule has 3 aromatic rings. The van der Waals surface area contributed by atoms with Gasteiger partial charge in [0.2, 0.25) is 11.8 Å². The first kappa shape index (κ1) is 23.2. The largest absolute Gasteiger partial charge is 0.490 e. The van der Waals surface area contributed by atoms with Crippen LogP contribution >= 0.6 is 0 Å². The van der Waals surface area contributed by atoms with Gasteiger partial charge in [-0.15, -0.1) is 0 Å². The molecule has 35 heavy (non-hydrogen) atoms. The lowest BCUT2D eigenvalue weighted by Gasteiger charge is -2.40. The van der Waals surface area contributed by atoms with E-state index in [0.717, 1.165) is 35.3 Å². The van der Waals surface area contributed by atoms with E-state index in [1.54, 1.807) is 5.48 Å². The average molecular weight is 474 g/mol. The fourth-order valence-electron chi connectivity index (χ4n) is 5.40. The molecule has 182 valence electrons. The van der Waals surface area contributed by atoms with E-state index < -0.39 is 17.7 Å². The van der Waals surface area contributed by atoms with E-state index in [0.29, 0.717) is 32.4 Å². The van der Waals surface area contributed by atoms with Crippen molar-refractivity contribution in [1.82, 2.24) is 10.4 Å². The zero-order valence-corrected chi connectivity index (χ0v) is 19.7. The number of hydroxylamine groups is 1. The Balaban J connectivity index is 1.23. The number of carbonyl (C=O) groups excluding carboxylic acids is 2. The minimum absolute atomic E-state index is 0.00420. The lowest BCUT2D eigenvalue weighted by atomic mass is 9.76. The van der Waals surface area contributed by atoms with Gasteiger partial charge in [-0.25, -0.2) is 5.48 Å². The van der Waals surface area contributed by atoms with Crippen molar-refractivity contribution in [2.24, 2.45) is 11.8 Å². The summed E-state index contributed by atoms with van der Waals surface area (Å²) in [4.78, 5) is 30.2. The lowest BCUT2D eigenvalue weighted by Crippen LogP contribution is -2.53. The molecule has 3 aromatic carbocycles. The van der Waals surface area contributed by atoms with Crippen LogP contribution in [0.3, 0.4) is 0 Å². The SMILES string of the molecule is O=C(NO)[C@H]1C[C@H](Oc2ccc3ccccc3c2)CC[C@@H]1C(=O)N1CCN(c2ccccc2)CC1. The number of anilines is 1. The number of carbonyl (C=O) groups is 2. The smallest absolute Gasteiger partial charge is 0.247 e. The van der Waals surface area contributed by atoms with Gasteiger partial charge in [0.1, 0.15) is 5.75 Å². The van der Waals surface area contributed by atoms with Crippen LogP contribution in [0.4, 0.5) is 5.69 Å². The van der Waals surface area contributed by atoms with E-state index in [2.05, 4.69) is 23.1 Å². The summed E-state index contributed by atoms with van der Waals surface area (Å²) in [5.41, 5.74) is 2.94. The second-order valence-electron chi connectivity index (χ2n) is 9.40. The topological polar surface area (TPSA) is 82.1 Å². The highest BCUT2D eigenvalue weighted by Gasteiger charge is 2.42. The van der Waals surface area contributed by atoms with E-state index in [9.17, 15) is 14.8 Å². The van der Waals surface area contributed by atoms with Crippen molar-refractivity contribution in [3.8, 4) is 5.75 Å². The highest BCUT2D eigenvalue weighted by Crippen LogP contribution is 2.35. The van der Waals surface area contributed by atoms with Crippen LogP contribution in [0.25, 0.3) is 10.8 Å². The quantitative estimate of drug-likeness (QED) is 0.435. The molecule has 0 radical (unpaired) electrons. The molecule has 2 amide bonds. The predicted octanol–water partition coefficient (Wildman–Crippen LogP) is 3.86. The van der Waals surface area contributed by atoms with Gasteiger partial charge in [0.05, 0.1) is 17.9 Å². The first-order chi connectivity index (χ1) is 17.1. The molecule has 1 heterocycles. The number of amides is 2. The summed E-state index contributed by atoms with van der Waals surface area (Å²) < 4.78 is 6.23. The van der Waals surface area contributed by atoms with Crippen LogP contribution in [-0.2, 0) is 9.59 Å². The zero-order valence-electron chi connectivity index (χ0n) is 19.7. The molecule has 5 rings (SSSR count). The summed E-state index contributed by atoms with van der Waals surface area (Å²) in [6, 6.07) is 24.2. The van der Waals surface area contributed by atoms with E-state index in [1.807, 2.05) is 59.5 Å². The summed E-state index contributed by atoms with van der Waals surface area (Å²) in [5, 5.41) is 11.6. The normalized spacial score (nSPS) is 22.6. The van der Waals surface area contributed by atoms with Crippen LogP contribution in [0.2, 0.25) is 0 Å². The van der Waals surface area contributed by atoms with Crippen molar-refractivity contribution < 1.29 is 19.5 Å². The molecule has 1 saturated heterocycles. The molecule has 2 aliphatic rings. The number of hydrogen-bond donors (Lipinski definition) is 2. The summed E-state index contributed by atoms with van der Waals surface area (Å²) in [7, 11) is 0. The van der Waals surface area contributed by atoms with Gasteiger partial charge in [0.15, 0.2) is 0 Å². The van der Waals surface area contributed by atoms with Gasteiger partial charge in [0, 0.05) is 31.9 Å². The molecule has 1 aliphatic heterocycles. The molecule has 1 saturated carbocycles. The molecular weight excluding hydrogens is 442 g/mol. The molecular formula is C28H31N3O4. The molecule has 0 aromatic heterocycles. The third-order valence-corrected chi connectivity index (χ3v) is 7.30. The summed E-state index contributed by atoms with van der Waals surface area (Å²) in [5.74, 6) is -0.854. The predicted molar refractivity (Wildman–Crippen MR) is 134 cm³/mol. The highest BCUT2D eigenvalue weighted by atomic mass is 16.5. The molecule has 2 N–H and O–H groups in total. The summed E-state index contributed by atoms with van der Waals surface area (Å²) in [6.45, 7) is 2.75. The van der Waals surface area contributed by atoms with Crippen LogP contribution < -0.4 is 15.1 Å². The minimum atomic E-state index is -0.626. The van der Waals surface area contributed by atoms with Crippen LogP contribution in [0.15, 0.2) is 72.8 Å². The number of piperazine rings is 1. The maximum atomic E-state index is 13.4. The first-order valence-electron chi connectivity index (χ1n) is 12.3. The Bertz CT molecular complexity index is 1180. The van der Waals surface area contributed by atoms with Crippen molar-refractivity contribution in [3.63, 3.8) is 0 Å². The zero-order chi connectivity index (χ0) is 24.2. The maximum absolute atomic E-state index is 13.4. The standard InChI is InChI=1S/C28H31N3O4/c32-27(29-34)26-19-24(35-23-11-10-20-6-4-5-7-21(20)18-23)12-13-25(26)28(33)31-16-14-30(15-17-31)22-8-2-1-3-9-22/h1-11,18,24-26,34H,12-17,19H2,(H,29,32)/t24-,25+,26+/m1/s1. The monoisotopic (exact) mass is 473 g/mol. The Labute approximate surface area is 205 Å². The molecule has 0 bridgehead atoms. The Morgan fingerprint density at radius 3 is 2.29 bits per heavy atom. The molecule has 7 heteroatoms. The third kappa shape index (κ3) is 5.10. The van der Waals surface area contributed by atoms with Crippen LogP contribution in [-0.4, -0.2) is 54.2 Å². The van der Waals surface area contributed by atoms with Gasteiger partial charge in [0.25, 0.3) is 0 Å². The molecule has 3 atom stereocenters. The van der Waals surface area contributed by atoms with Crippen LogP contribution in [0, 0.1) is 11.8 Å². The molecule has 0 unspecified atom stereocenters. The van der Waals surface area contributed by atoms with Gasteiger partial charge < -0.3 is 14.5 Å². The van der Waals surface area contributed by atoms with Crippen molar-refractivity contribution in [2.75, 3.05) is 31.1 Å². The molecule has 0 spiro atoms. The fourth-order valence-corrected chi connectivity index (χ4v) is 5.40. The lowest BCUT2D eigenvalue weighted by molar-refractivity contribution is -0.148. The summed E-state index contributed by atoms with van der Waals surface area (Å²) in [6.07, 6.45) is 1.42. The van der Waals surface area contributed by atoms with Gasteiger partial charge in [-0.2, -0.15) is 0 Å². The maximum Gasteiger partial charge on any atom is 0.247 e. The van der Waals surface area contributed by atoms with Crippen LogP contribution in [0.5, 0.6) is 5.75 Å². The van der Waals surface area contributed by atoms with E-state index in [4.69, 9.17) is 4.74 Å². The van der Waals surface area contributed by atoms with Crippen molar-refractivity contribution in [2.45, 2.75) is 25.4 Å². The molecule has 1 aliphatic carbocycles. The Hall–Kier alpha value is -3.58. The van der Waals surface area contributed by atoms with Gasteiger partial charge in [-0.05, 0) is 54.3 Å². The third-order valence-electron chi connectivity index (χ3n) is 7.30. The number of hydrogen-bond acceptors (Lipinski definition) is 5. The van der Waals surface area contributed by atoms with Gasteiger partial charge >= 0.3 is 0 Å². The number of benzene rings is 3. The van der Waals surface area contributed by atoms with Gasteiger partial charge in [-0.1, -0.05) is 48.5 Å². The second kappa shape index (κ2) is 10.4. The van der Waals surface area contributed by atoms with Crippen LogP contribution in [0.1, 0.15) is 19.3 Å². The summed E-state index contributed by atoms with van der Waals surface area (Å²) >= 11 is 0. The number of fused-ring (bicyclic) bond motifs is 1.